The summed E-state index contributed by atoms with van der Waals surface area (Å²) in [6.45, 7) is 7.16. The standard InChI is InChI=1S/C15H25NO/c1-12(2)6-5-7-13(3)10-11-16(4)15(17)14-8-9-14/h6,10,14H,5,7-9,11H2,1-4H3/b13-10+. The molecule has 0 atom stereocenters. The quantitative estimate of drug-likeness (QED) is 0.645. The smallest absolute Gasteiger partial charge is 0.225 e. The zero-order valence-electron chi connectivity index (χ0n) is 11.6. The molecular formula is C15H25NO. The summed E-state index contributed by atoms with van der Waals surface area (Å²) >= 11 is 0. The van der Waals surface area contributed by atoms with Gasteiger partial charge in [-0.15, -0.1) is 0 Å². The molecule has 17 heavy (non-hydrogen) atoms. The van der Waals surface area contributed by atoms with Gasteiger partial charge >= 0.3 is 0 Å². The first kappa shape index (κ1) is 14.0. The van der Waals surface area contributed by atoms with Crippen LogP contribution in [0.25, 0.3) is 0 Å². The molecule has 0 aromatic rings. The fourth-order valence-corrected chi connectivity index (χ4v) is 1.72. The molecule has 1 amide bonds. The number of likely N-dealkylation sites (N-methyl/N-ethyl adjacent to an activating group) is 1. The van der Waals surface area contributed by atoms with E-state index in [1.807, 2.05) is 11.9 Å². The van der Waals surface area contributed by atoms with Gasteiger partial charge in [0.25, 0.3) is 0 Å². The predicted octanol–water partition coefficient (Wildman–Crippen LogP) is 3.55. The Bertz CT molecular complexity index is 320. The Labute approximate surface area is 105 Å². The highest BCUT2D eigenvalue weighted by Gasteiger charge is 2.31. The highest BCUT2D eigenvalue weighted by atomic mass is 16.2. The van der Waals surface area contributed by atoms with Gasteiger partial charge in [0.15, 0.2) is 0 Å². The summed E-state index contributed by atoms with van der Waals surface area (Å²) in [4.78, 5) is 13.6. The Morgan fingerprint density at radius 3 is 2.41 bits per heavy atom. The molecule has 1 aliphatic carbocycles. The maximum Gasteiger partial charge on any atom is 0.225 e. The van der Waals surface area contributed by atoms with Crippen LogP contribution in [-0.2, 0) is 4.79 Å². The second-order valence-electron chi connectivity index (χ2n) is 5.36. The van der Waals surface area contributed by atoms with Crippen LogP contribution in [0.15, 0.2) is 23.3 Å². The lowest BCUT2D eigenvalue weighted by Crippen LogP contribution is -2.28. The molecule has 0 saturated heterocycles. The Balaban J connectivity index is 2.26. The molecule has 1 saturated carbocycles. The van der Waals surface area contributed by atoms with E-state index >= 15 is 0 Å². The summed E-state index contributed by atoms with van der Waals surface area (Å²) < 4.78 is 0. The van der Waals surface area contributed by atoms with E-state index in [0.29, 0.717) is 11.8 Å². The van der Waals surface area contributed by atoms with Gasteiger partial charge in [-0.05, 0) is 46.5 Å². The van der Waals surface area contributed by atoms with Crippen molar-refractivity contribution in [2.45, 2.75) is 46.5 Å². The molecule has 0 N–H and O–H groups in total. The lowest BCUT2D eigenvalue weighted by molar-refractivity contribution is -0.130. The number of carbonyl (C=O) groups excluding carboxylic acids is 1. The molecule has 0 aromatic heterocycles. The molecule has 0 aliphatic heterocycles. The van der Waals surface area contributed by atoms with Gasteiger partial charge in [0.1, 0.15) is 0 Å². The maximum atomic E-state index is 11.7. The van der Waals surface area contributed by atoms with Gasteiger partial charge in [0, 0.05) is 19.5 Å². The Kier molecular flexibility index (Phi) is 5.46. The summed E-state index contributed by atoms with van der Waals surface area (Å²) in [5.74, 6) is 0.651. The van der Waals surface area contributed by atoms with Crippen LogP contribution in [0, 0.1) is 5.92 Å². The van der Waals surface area contributed by atoms with Crippen molar-refractivity contribution in [3.63, 3.8) is 0 Å². The molecule has 96 valence electrons. The normalized spacial score (nSPS) is 15.6. The highest BCUT2D eigenvalue weighted by molar-refractivity contribution is 5.80. The van der Waals surface area contributed by atoms with Gasteiger partial charge < -0.3 is 4.90 Å². The fourth-order valence-electron chi connectivity index (χ4n) is 1.72. The molecule has 0 unspecified atom stereocenters. The average Bonchev–Trinajstić information content (AvgIpc) is 3.08. The number of hydrogen-bond donors (Lipinski definition) is 0. The second kappa shape index (κ2) is 6.63. The van der Waals surface area contributed by atoms with E-state index in [0.717, 1.165) is 32.2 Å². The monoisotopic (exact) mass is 235 g/mol. The molecule has 1 fully saturated rings. The van der Waals surface area contributed by atoms with Gasteiger partial charge in [-0.3, -0.25) is 4.79 Å². The number of rotatable bonds is 6. The SMILES string of the molecule is CC(C)=CCC/C(C)=C/CN(C)C(=O)C1CC1. The van der Waals surface area contributed by atoms with E-state index in [2.05, 4.69) is 32.9 Å². The first-order valence-electron chi connectivity index (χ1n) is 6.54. The van der Waals surface area contributed by atoms with Gasteiger partial charge in [0.2, 0.25) is 5.91 Å². The number of amides is 1. The van der Waals surface area contributed by atoms with Gasteiger partial charge in [-0.2, -0.15) is 0 Å². The minimum Gasteiger partial charge on any atom is -0.342 e. The van der Waals surface area contributed by atoms with E-state index in [1.54, 1.807) is 0 Å². The van der Waals surface area contributed by atoms with E-state index in [-0.39, 0.29) is 0 Å². The summed E-state index contributed by atoms with van der Waals surface area (Å²) in [5.41, 5.74) is 2.75. The van der Waals surface area contributed by atoms with Gasteiger partial charge in [-0.25, -0.2) is 0 Å². The zero-order valence-corrected chi connectivity index (χ0v) is 11.6. The third-order valence-corrected chi connectivity index (χ3v) is 3.11. The minimum atomic E-state index is 0.318. The van der Waals surface area contributed by atoms with Crippen molar-refractivity contribution in [1.82, 2.24) is 4.90 Å². The van der Waals surface area contributed by atoms with Crippen LogP contribution in [0.2, 0.25) is 0 Å². The van der Waals surface area contributed by atoms with E-state index in [9.17, 15) is 4.79 Å². The number of allylic oxidation sites excluding steroid dienone is 3. The Hall–Kier alpha value is -1.05. The minimum absolute atomic E-state index is 0.318. The van der Waals surface area contributed by atoms with Crippen molar-refractivity contribution >= 4 is 5.91 Å². The number of carbonyl (C=O) groups is 1. The third kappa shape index (κ3) is 5.71. The van der Waals surface area contributed by atoms with Gasteiger partial charge in [0.05, 0.1) is 0 Å². The number of nitrogens with zero attached hydrogens (tertiary/aromatic N) is 1. The topological polar surface area (TPSA) is 20.3 Å². The van der Waals surface area contributed by atoms with Crippen molar-refractivity contribution in [1.29, 1.82) is 0 Å². The summed E-state index contributed by atoms with van der Waals surface area (Å²) in [7, 11) is 1.90. The predicted molar refractivity (Wildman–Crippen MR) is 72.8 cm³/mol. The van der Waals surface area contributed by atoms with Crippen molar-refractivity contribution in [2.75, 3.05) is 13.6 Å². The molecule has 2 heteroatoms. The van der Waals surface area contributed by atoms with Gasteiger partial charge in [-0.1, -0.05) is 23.3 Å². The average molecular weight is 235 g/mol. The molecule has 0 bridgehead atoms. The van der Waals surface area contributed by atoms with Crippen LogP contribution in [0.5, 0.6) is 0 Å². The lowest BCUT2D eigenvalue weighted by atomic mass is 10.1. The van der Waals surface area contributed by atoms with Crippen LogP contribution in [0.1, 0.15) is 46.5 Å². The first-order chi connectivity index (χ1) is 8.00. The molecule has 0 aromatic carbocycles. The molecule has 1 aliphatic rings. The van der Waals surface area contributed by atoms with Crippen LogP contribution < -0.4 is 0 Å². The van der Waals surface area contributed by atoms with E-state index in [1.165, 1.54) is 11.1 Å². The molecule has 1 rings (SSSR count). The zero-order chi connectivity index (χ0) is 12.8. The van der Waals surface area contributed by atoms with Crippen LogP contribution in [-0.4, -0.2) is 24.4 Å². The molecular weight excluding hydrogens is 210 g/mol. The first-order valence-corrected chi connectivity index (χ1v) is 6.54. The van der Waals surface area contributed by atoms with Crippen molar-refractivity contribution in [3.8, 4) is 0 Å². The maximum absolute atomic E-state index is 11.7. The van der Waals surface area contributed by atoms with Crippen molar-refractivity contribution < 1.29 is 4.79 Å². The molecule has 0 radical (unpaired) electrons. The van der Waals surface area contributed by atoms with Crippen LogP contribution in [0.3, 0.4) is 0 Å². The fraction of sp³-hybridized carbons (Fsp3) is 0.667. The highest BCUT2D eigenvalue weighted by Crippen LogP contribution is 2.30. The second-order valence-corrected chi connectivity index (χ2v) is 5.36. The molecule has 2 nitrogen and oxygen atoms in total. The van der Waals surface area contributed by atoms with E-state index < -0.39 is 0 Å². The largest absolute Gasteiger partial charge is 0.342 e. The lowest BCUT2D eigenvalue weighted by Gasteiger charge is -2.15. The van der Waals surface area contributed by atoms with E-state index in [4.69, 9.17) is 0 Å². The summed E-state index contributed by atoms with van der Waals surface area (Å²) in [5, 5.41) is 0. The Morgan fingerprint density at radius 1 is 1.24 bits per heavy atom. The van der Waals surface area contributed by atoms with Crippen LogP contribution in [0.4, 0.5) is 0 Å². The Morgan fingerprint density at radius 2 is 1.88 bits per heavy atom. The third-order valence-electron chi connectivity index (χ3n) is 3.11. The van der Waals surface area contributed by atoms with Crippen molar-refractivity contribution in [3.05, 3.63) is 23.3 Å². The summed E-state index contributed by atoms with van der Waals surface area (Å²) in [6, 6.07) is 0. The molecule has 0 spiro atoms. The van der Waals surface area contributed by atoms with Crippen molar-refractivity contribution in [2.24, 2.45) is 5.92 Å². The van der Waals surface area contributed by atoms with Crippen LogP contribution >= 0.6 is 0 Å². The number of hydrogen-bond acceptors (Lipinski definition) is 1. The molecule has 0 heterocycles. The summed E-state index contributed by atoms with van der Waals surface area (Å²) in [6.07, 6.45) is 8.82.